The maximum atomic E-state index is 12.9. The second-order valence-corrected chi connectivity index (χ2v) is 7.37. The fraction of sp³-hybridized carbons (Fsp3) is 0.400. The molecule has 1 aromatic carbocycles. The number of carbonyl (C=O) groups is 2. The highest BCUT2D eigenvalue weighted by Gasteiger charge is 2.67. The van der Waals surface area contributed by atoms with Gasteiger partial charge in [-0.25, -0.2) is 0 Å². The summed E-state index contributed by atoms with van der Waals surface area (Å²) in [4.78, 5) is 25.7. The van der Waals surface area contributed by atoms with Crippen LogP contribution in [0.25, 0.3) is 0 Å². The molecule has 130 valence electrons. The molecule has 5 aliphatic rings. The van der Waals surface area contributed by atoms with Gasteiger partial charge in [0.2, 0.25) is 0 Å². The molecule has 6 nitrogen and oxygen atoms in total. The molecular formula is C20H17N3O3. The topological polar surface area (TPSA) is 82.8 Å². The number of hydrazone groups is 1. The normalized spacial score (nSPS) is 36.2. The van der Waals surface area contributed by atoms with Crippen molar-refractivity contribution in [1.82, 2.24) is 5.01 Å². The summed E-state index contributed by atoms with van der Waals surface area (Å²) in [5.41, 5.74) is 0.627. The van der Waals surface area contributed by atoms with Gasteiger partial charge < -0.3 is 4.74 Å². The van der Waals surface area contributed by atoms with Gasteiger partial charge >= 0.3 is 0 Å². The van der Waals surface area contributed by atoms with Crippen LogP contribution in [0.5, 0.6) is 5.75 Å². The molecule has 6 atom stereocenters. The van der Waals surface area contributed by atoms with Gasteiger partial charge in [-0.05, 0) is 42.2 Å². The van der Waals surface area contributed by atoms with Gasteiger partial charge in [-0.1, -0.05) is 24.3 Å². The summed E-state index contributed by atoms with van der Waals surface area (Å²) in [6, 6.07) is 9.02. The smallest absolute Gasteiger partial charge is 0.254 e. The van der Waals surface area contributed by atoms with Crippen LogP contribution < -0.4 is 4.74 Å². The average Bonchev–Trinajstić information content (AvgIpc) is 3.44. The van der Waals surface area contributed by atoms with E-state index in [2.05, 4.69) is 17.3 Å². The SMILES string of the molecule is N#CCOc1ccccc1/C=N\N1C(=O)[C@@H]2[C@H]3C=C[C@@H]([C@@H]4C[C@H]34)[C@H]2C1=O. The van der Waals surface area contributed by atoms with Gasteiger partial charge in [-0.15, -0.1) is 0 Å². The fourth-order valence-corrected chi connectivity index (χ4v) is 5.00. The van der Waals surface area contributed by atoms with E-state index in [9.17, 15) is 9.59 Å². The van der Waals surface area contributed by atoms with E-state index in [1.54, 1.807) is 18.2 Å². The number of nitriles is 1. The zero-order valence-electron chi connectivity index (χ0n) is 14.0. The van der Waals surface area contributed by atoms with Crippen molar-refractivity contribution in [3.63, 3.8) is 0 Å². The second kappa shape index (κ2) is 5.53. The maximum absolute atomic E-state index is 12.9. The number of allylic oxidation sites excluding steroid dienone is 2. The van der Waals surface area contributed by atoms with Crippen molar-refractivity contribution in [2.24, 2.45) is 40.6 Å². The molecule has 0 unspecified atom stereocenters. The van der Waals surface area contributed by atoms with Crippen LogP contribution >= 0.6 is 0 Å². The molecular weight excluding hydrogens is 330 g/mol. The Morgan fingerprint density at radius 2 is 1.81 bits per heavy atom. The predicted molar refractivity (Wildman–Crippen MR) is 91.7 cm³/mol. The minimum Gasteiger partial charge on any atom is -0.478 e. The number of para-hydroxylation sites is 1. The Morgan fingerprint density at radius 3 is 2.46 bits per heavy atom. The van der Waals surface area contributed by atoms with Crippen molar-refractivity contribution in [3.05, 3.63) is 42.0 Å². The van der Waals surface area contributed by atoms with Crippen molar-refractivity contribution >= 4 is 18.0 Å². The largest absolute Gasteiger partial charge is 0.478 e. The predicted octanol–water partition coefficient (Wildman–Crippen LogP) is 1.98. The maximum Gasteiger partial charge on any atom is 0.254 e. The van der Waals surface area contributed by atoms with E-state index in [0.29, 0.717) is 23.1 Å². The quantitative estimate of drug-likeness (QED) is 0.474. The molecule has 0 spiro atoms. The van der Waals surface area contributed by atoms with Gasteiger partial charge in [-0.2, -0.15) is 15.4 Å². The zero-order chi connectivity index (χ0) is 17.8. The summed E-state index contributed by atoms with van der Waals surface area (Å²) in [6.45, 7) is -0.0750. The lowest BCUT2D eigenvalue weighted by molar-refractivity contribution is -0.140. The molecule has 6 heteroatoms. The highest BCUT2D eigenvalue weighted by molar-refractivity contribution is 6.06. The van der Waals surface area contributed by atoms with Crippen molar-refractivity contribution < 1.29 is 14.3 Å². The number of carbonyl (C=O) groups excluding carboxylic acids is 2. The first kappa shape index (κ1) is 15.3. The Bertz CT molecular complexity index is 864. The third kappa shape index (κ3) is 2.07. The van der Waals surface area contributed by atoms with Crippen LogP contribution in [0.3, 0.4) is 0 Å². The molecule has 1 heterocycles. The summed E-state index contributed by atoms with van der Waals surface area (Å²) in [5, 5.41) is 13.9. The van der Waals surface area contributed by atoms with E-state index in [4.69, 9.17) is 10.00 Å². The fourth-order valence-electron chi connectivity index (χ4n) is 5.00. The minimum absolute atomic E-state index is 0.0750. The van der Waals surface area contributed by atoms with Gasteiger partial charge in [0.05, 0.1) is 18.1 Å². The van der Waals surface area contributed by atoms with Crippen LogP contribution in [0.4, 0.5) is 0 Å². The van der Waals surface area contributed by atoms with Crippen molar-refractivity contribution in [2.75, 3.05) is 6.61 Å². The molecule has 3 fully saturated rings. The average molecular weight is 347 g/mol. The lowest BCUT2D eigenvalue weighted by Crippen LogP contribution is -2.40. The molecule has 0 aromatic heterocycles. The van der Waals surface area contributed by atoms with Gasteiger partial charge in [0, 0.05) is 5.56 Å². The number of imide groups is 1. The van der Waals surface area contributed by atoms with Gasteiger partial charge in [0.1, 0.15) is 11.8 Å². The van der Waals surface area contributed by atoms with E-state index < -0.39 is 0 Å². The Labute approximate surface area is 150 Å². The van der Waals surface area contributed by atoms with E-state index in [1.165, 1.54) is 6.21 Å². The standard InChI is InChI=1S/C20H17N3O3/c21-7-8-26-16-4-2-1-3-11(16)10-22-23-19(24)17-12-5-6-13(15-9-14(12)15)18(17)20(23)25/h1-6,10,12-15,17-18H,8-9H2/b22-10-/t12-,13-,14-,15+,17+,18+/m0/s1. The van der Waals surface area contributed by atoms with Crippen LogP contribution in [0, 0.1) is 46.8 Å². The number of hydrogen-bond acceptors (Lipinski definition) is 5. The van der Waals surface area contributed by atoms with Crippen LogP contribution in [0.15, 0.2) is 41.5 Å². The van der Waals surface area contributed by atoms with Gasteiger partial charge in [-0.3, -0.25) is 9.59 Å². The number of hydrogen-bond donors (Lipinski definition) is 0. The molecule has 1 saturated heterocycles. The van der Waals surface area contributed by atoms with Crippen molar-refractivity contribution in [2.45, 2.75) is 6.42 Å². The highest BCUT2D eigenvalue weighted by atomic mass is 16.5. The van der Waals surface area contributed by atoms with E-state index in [0.717, 1.165) is 11.4 Å². The molecule has 4 aliphatic carbocycles. The summed E-state index contributed by atoms with van der Waals surface area (Å²) in [6.07, 6.45) is 6.89. The number of amides is 2. The Hall–Kier alpha value is -2.94. The number of rotatable bonds is 4. The molecule has 0 N–H and O–H groups in total. The Morgan fingerprint density at radius 1 is 1.15 bits per heavy atom. The first-order valence-electron chi connectivity index (χ1n) is 8.89. The van der Waals surface area contributed by atoms with Crippen LogP contribution in [0.1, 0.15) is 12.0 Å². The number of ether oxygens (including phenoxy) is 1. The summed E-state index contributed by atoms with van der Waals surface area (Å²) < 4.78 is 5.36. The van der Waals surface area contributed by atoms with Crippen molar-refractivity contribution in [1.29, 1.82) is 5.26 Å². The van der Waals surface area contributed by atoms with Crippen molar-refractivity contribution in [3.8, 4) is 11.8 Å². The molecule has 2 bridgehead atoms. The molecule has 2 amide bonds. The van der Waals surface area contributed by atoms with E-state index in [1.807, 2.05) is 12.1 Å². The first-order valence-corrected chi connectivity index (χ1v) is 8.89. The molecule has 1 aliphatic heterocycles. The van der Waals surface area contributed by atoms with E-state index in [-0.39, 0.29) is 42.1 Å². The molecule has 6 rings (SSSR count). The van der Waals surface area contributed by atoms with E-state index >= 15 is 0 Å². The van der Waals surface area contributed by atoms with Crippen LogP contribution in [0.2, 0.25) is 0 Å². The second-order valence-electron chi connectivity index (χ2n) is 7.37. The molecule has 0 radical (unpaired) electrons. The van der Waals surface area contributed by atoms with Gasteiger partial charge in [0.25, 0.3) is 11.8 Å². The summed E-state index contributed by atoms with van der Waals surface area (Å²) in [5.74, 6) is 1.17. The lowest BCUT2D eigenvalue weighted by Gasteiger charge is -2.37. The lowest BCUT2D eigenvalue weighted by atomic mass is 9.63. The number of nitrogens with zero attached hydrogens (tertiary/aromatic N) is 3. The Kier molecular flexibility index (Phi) is 3.26. The summed E-state index contributed by atoms with van der Waals surface area (Å²) >= 11 is 0. The minimum atomic E-state index is -0.247. The third-order valence-electron chi connectivity index (χ3n) is 6.16. The molecule has 1 aromatic rings. The van der Waals surface area contributed by atoms with Crippen LogP contribution in [-0.2, 0) is 9.59 Å². The highest BCUT2D eigenvalue weighted by Crippen LogP contribution is 2.65. The van der Waals surface area contributed by atoms with Crippen LogP contribution in [-0.4, -0.2) is 29.6 Å². The zero-order valence-corrected chi connectivity index (χ0v) is 14.0. The van der Waals surface area contributed by atoms with Gasteiger partial charge in [0.15, 0.2) is 6.61 Å². The molecule has 2 saturated carbocycles. The third-order valence-corrected chi connectivity index (χ3v) is 6.16. The molecule has 26 heavy (non-hydrogen) atoms. The summed E-state index contributed by atoms with van der Waals surface area (Å²) in [7, 11) is 0. The first-order chi connectivity index (χ1) is 12.7. The Balaban J connectivity index is 1.41. The monoisotopic (exact) mass is 347 g/mol. The number of benzene rings is 1.